The first-order valence-electron chi connectivity index (χ1n) is 9.52. The molecule has 4 rings (SSSR count). The number of hydrogen-bond donors (Lipinski definition) is 2. The van der Waals surface area contributed by atoms with E-state index in [2.05, 4.69) is 28.2 Å². The summed E-state index contributed by atoms with van der Waals surface area (Å²) in [6.07, 6.45) is 6.89. The second kappa shape index (κ2) is 7.46. The number of nitrogens with zero attached hydrogens (tertiary/aromatic N) is 2. The van der Waals surface area contributed by atoms with Crippen LogP contribution in [0.1, 0.15) is 37.8 Å². The average Bonchev–Trinajstić information content (AvgIpc) is 3.05. The van der Waals surface area contributed by atoms with Gasteiger partial charge in [-0.05, 0) is 44.2 Å². The van der Waals surface area contributed by atoms with Crippen LogP contribution in [-0.4, -0.2) is 45.1 Å². The molecule has 1 aliphatic rings. The van der Waals surface area contributed by atoms with E-state index in [4.69, 9.17) is 0 Å². The number of aryl methyl sites for hydroxylation is 1. The lowest BCUT2D eigenvalue weighted by Gasteiger charge is -2.35. The molecule has 0 saturated carbocycles. The molecule has 1 aromatic carbocycles. The fraction of sp³-hybridized carbons (Fsp3) is 0.429. The normalized spacial score (nSPS) is 17.9. The third kappa shape index (κ3) is 3.31. The molecule has 2 N–H and O–H groups in total. The standard InChI is InChI=1S/C21H25N3O2/c25-12-10-16-5-3-4-11-24(16)21(26)9-8-15-13-18-17-6-1-2-7-19(17)23-20(18)14-22-15/h1-2,6-7,13-14,16,23,25H,3-5,8-12H2. The minimum absolute atomic E-state index is 0.146. The number of para-hydroxylation sites is 1. The summed E-state index contributed by atoms with van der Waals surface area (Å²) in [4.78, 5) is 22.6. The molecule has 5 nitrogen and oxygen atoms in total. The summed E-state index contributed by atoms with van der Waals surface area (Å²) >= 11 is 0. The van der Waals surface area contributed by atoms with Crippen molar-refractivity contribution in [1.82, 2.24) is 14.9 Å². The van der Waals surface area contributed by atoms with Crippen molar-refractivity contribution in [2.75, 3.05) is 13.2 Å². The highest BCUT2D eigenvalue weighted by Gasteiger charge is 2.25. The van der Waals surface area contributed by atoms with Crippen molar-refractivity contribution in [3.63, 3.8) is 0 Å². The van der Waals surface area contributed by atoms with Gasteiger partial charge in [0.15, 0.2) is 0 Å². The fourth-order valence-electron chi connectivity index (χ4n) is 4.09. The SMILES string of the molecule is O=C(CCc1cc2c(cn1)[nH]c1ccccc12)N1CCCCC1CCO. The van der Waals surface area contributed by atoms with Crippen molar-refractivity contribution in [2.45, 2.75) is 44.6 Å². The fourth-order valence-corrected chi connectivity index (χ4v) is 4.09. The summed E-state index contributed by atoms with van der Waals surface area (Å²) in [6, 6.07) is 10.5. The van der Waals surface area contributed by atoms with Gasteiger partial charge in [0, 0.05) is 47.6 Å². The van der Waals surface area contributed by atoms with Crippen molar-refractivity contribution in [3.05, 3.63) is 42.2 Å². The van der Waals surface area contributed by atoms with Crippen molar-refractivity contribution < 1.29 is 9.90 Å². The minimum Gasteiger partial charge on any atom is -0.396 e. The highest BCUT2D eigenvalue weighted by atomic mass is 16.3. The summed E-state index contributed by atoms with van der Waals surface area (Å²) < 4.78 is 0. The Labute approximate surface area is 153 Å². The van der Waals surface area contributed by atoms with Crippen LogP contribution < -0.4 is 0 Å². The first-order chi connectivity index (χ1) is 12.8. The van der Waals surface area contributed by atoms with Crippen molar-refractivity contribution in [1.29, 1.82) is 0 Å². The smallest absolute Gasteiger partial charge is 0.223 e. The number of benzene rings is 1. The largest absolute Gasteiger partial charge is 0.396 e. The zero-order valence-electron chi connectivity index (χ0n) is 14.9. The van der Waals surface area contributed by atoms with E-state index >= 15 is 0 Å². The Balaban J connectivity index is 1.48. The van der Waals surface area contributed by atoms with Crippen molar-refractivity contribution in [3.8, 4) is 0 Å². The molecule has 1 aliphatic heterocycles. The number of nitrogens with one attached hydrogen (secondary N) is 1. The maximum atomic E-state index is 12.7. The highest BCUT2D eigenvalue weighted by molar-refractivity contribution is 6.06. The molecule has 1 unspecified atom stereocenters. The second-order valence-corrected chi connectivity index (χ2v) is 7.14. The van der Waals surface area contributed by atoms with Crippen LogP contribution in [0, 0.1) is 0 Å². The molecule has 1 fully saturated rings. The van der Waals surface area contributed by atoms with Crippen LogP contribution in [0.4, 0.5) is 0 Å². The monoisotopic (exact) mass is 351 g/mol. The number of fused-ring (bicyclic) bond motifs is 3. The molecule has 0 aliphatic carbocycles. The quantitative estimate of drug-likeness (QED) is 0.740. The van der Waals surface area contributed by atoms with Crippen LogP contribution >= 0.6 is 0 Å². The number of amides is 1. The van der Waals surface area contributed by atoms with Gasteiger partial charge in [0.25, 0.3) is 0 Å². The third-order valence-corrected chi connectivity index (χ3v) is 5.45. The number of carbonyl (C=O) groups is 1. The Hall–Kier alpha value is -2.40. The summed E-state index contributed by atoms with van der Waals surface area (Å²) in [5.74, 6) is 0.184. The molecule has 0 bridgehead atoms. The Kier molecular flexibility index (Phi) is 4.89. The molecular weight excluding hydrogens is 326 g/mol. The number of pyridine rings is 1. The van der Waals surface area contributed by atoms with E-state index in [1.165, 1.54) is 5.39 Å². The second-order valence-electron chi connectivity index (χ2n) is 7.14. The zero-order chi connectivity index (χ0) is 17.9. The molecule has 136 valence electrons. The number of piperidine rings is 1. The van der Waals surface area contributed by atoms with E-state index in [0.29, 0.717) is 19.3 Å². The summed E-state index contributed by atoms with van der Waals surface area (Å²) in [6.45, 7) is 0.964. The Morgan fingerprint density at radius 3 is 3.00 bits per heavy atom. The van der Waals surface area contributed by atoms with Crippen LogP contribution in [0.25, 0.3) is 21.8 Å². The maximum absolute atomic E-state index is 12.7. The molecule has 0 radical (unpaired) electrons. The lowest BCUT2D eigenvalue weighted by atomic mass is 9.99. The summed E-state index contributed by atoms with van der Waals surface area (Å²) in [7, 11) is 0. The van der Waals surface area contributed by atoms with Gasteiger partial charge in [0.1, 0.15) is 0 Å². The van der Waals surface area contributed by atoms with E-state index in [-0.39, 0.29) is 18.6 Å². The number of hydrogen-bond acceptors (Lipinski definition) is 3. The highest BCUT2D eigenvalue weighted by Crippen LogP contribution is 2.26. The zero-order valence-corrected chi connectivity index (χ0v) is 14.9. The van der Waals surface area contributed by atoms with E-state index in [9.17, 15) is 9.90 Å². The molecule has 1 amide bonds. The van der Waals surface area contributed by atoms with Gasteiger partial charge in [-0.25, -0.2) is 0 Å². The van der Waals surface area contributed by atoms with E-state index < -0.39 is 0 Å². The topological polar surface area (TPSA) is 69.2 Å². The van der Waals surface area contributed by atoms with Crippen LogP contribution in [0.2, 0.25) is 0 Å². The molecule has 1 saturated heterocycles. The van der Waals surface area contributed by atoms with E-state index in [1.807, 2.05) is 23.2 Å². The van der Waals surface area contributed by atoms with Gasteiger partial charge in [-0.3, -0.25) is 9.78 Å². The lowest BCUT2D eigenvalue weighted by Crippen LogP contribution is -2.44. The van der Waals surface area contributed by atoms with Crippen molar-refractivity contribution >= 4 is 27.7 Å². The predicted octanol–water partition coefficient (Wildman–Crippen LogP) is 3.41. The Morgan fingerprint density at radius 2 is 2.12 bits per heavy atom. The van der Waals surface area contributed by atoms with Gasteiger partial charge in [0.05, 0.1) is 11.7 Å². The van der Waals surface area contributed by atoms with Gasteiger partial charge >= 0.3 is 0 Å². The average molecular weight is 351 g/mol. The van der Waals surface area contributed by atoms with Crippen LogP contribution in [0.3, 0.4) is 0 Å². The number of rotatable bonds is 5. The molecular formula is C21H25N3O2. The molecule has 26 heavy (non-hydrogen) atoms. The number of carbonyl (C=O) groups excluding carboxylic acids is 1. The van der Waals surface area contributed by atoms with E-state index in [1.54, 1.807) is 0 Å². The molecule has 3 heterocycles. The third-order valence-electron chi connectivity index (χ3n) is 5.45. The number of aromatic amines is 1. The van der Waals surface area contributed by atoms with Gasteiger partial charge in [-0.2, -0.15) is 0 Å². The number of likely N-dealkylation sites (tertiary alicyclic amines) is 1. The number of aliphatic hydroxyl groups excluding tert-OH is 1. The minimum atomic E-state index is 0.146. The number of aromatic nitrogens is 2. The number of aliphatic hydroxyl groups is 1. The van der Waals surface area contributed by atoms with Gasteiger partial charge in [-0.1, -0.05) is 18.2 Å². The molecule has 5 heteroatoms. The van der Waals surface area contributed by atoms with Gasteiger partial charge < -0.3 is 15.0 Å². The van der Waals surface area contributed by atoms with Gasteiger partial charge in [0.2, 0.25) is 5.91 Å². The van der Waals surface area contributed by atoms with Crippen LogP contribution in [-0.2, 0) is 11.2 Å². The van der Waals surface area contributed by atoms with Crippen LogP contribution in [0.5, 0.6) is 0 Å². The summed E-state index contributed by atoms with van der Waals surface area (Å²) in [5.41, 5.74) is 3.09. The van der Waals surface area contributed by atoms with E-state index in [0.717, 1.165) is 47.9 Å². The van der Waals surface area contributed by atoms with Gasteiger partial charge in [-0.15, -0.1) is 0 Å². The predicted molar refractivity (Wildman–Crippen MR) is 103 cm³/mol. The summed E-state index contributed by atoms with van der Waals surface area (Å²) in [5, 5.41) is 11.6. The molecule has 3 aromatic rings. The molecule has 1 atom stereocenters. The van der Waals surface area contributed by atoms with Crippen molar-refractivity contribution in [2.24, 2.45) is 0 Å². The number of H-pyrrole nitrogens is 1. The van der Waals surface area contributed by atoms with Crippen LogP contribution in [0.15, 0.2) is 36.5 Å². The maximum Gasteiger partial charge on any atom is 0.223 e. The molecule has 0 spiro atoms. The first-order valence-corrected chi connectivity index (χ1v) is 9.52. The Morgan fingerprint density at radius 1 is 1.23 bits per heavy atom. The first kappa shape index (κ1) is 17.0. The Bertz CT molecular complexity index is 916. The molecule has 2 aromatic heterocycles. The lowest BCUT2D eigenvalue weighted by molar-refractivity contribution is -0.135.